The number of hydrogen-bond acceptors (Lipinski definition) is 3. The lowest BCUT2D eigenvalue weighted by atomic mass is 10.0. The second-order valence-electron chi connectivity index (χ2n) is 4.57. The van der Waals surface area contributed by atoms with Gasteiger partial charge < -0.3 is 14.6 Å². The molecule has 0 fully saturated rings. The van der Waals surface area contributed by atoms with Crippen molar-refractivity contribution in [3.05, 3.63) is 35.9 Å². The quantitative estimate of drug-likeness (QED) is 0.787. The summed E-state index contributed by atoms with van der Waals surface area (Å²) < 4.78 is 10.4. The first-order chi connectivity index (χ1) is 8.56. The van der Waals surface area contributed by atoms with Crippen molar-refractivity contribution >= 4 is 0 Å². The minimum absolute atomic E-state index is 0.497. The maximum atomic E-state index is 10.1. The molecule has 0 aromatic heterocycles. The number of allylic oxidation sites excluding steroid dienone is 1. The van der Waals surface area contributed by atoms with Crippen LogP contribution in [0.4, 0.5) is 0 Å². The molecule has 0 saturated heterocycles. The number of ether oxygens (including phenoxy) is 2. The van der Waals surface area contributed by atoms with Gasteiger partial charge in [-0.25, -0.2) is 0 Å². The summed E-state index contributed by atoms with van der Waals surface area (Å²) in [7, 11) is 3.20. The van der Waals surface area contributed by atoms with Gasteiger partial charge in [0.25, 0.3) is 0 Å². The molecule has 3 nitrogen and oxygen atoms in total. The highest BCUT2D eigenvalue weighted by Gasteiger charge is 2.09. The Morgan fingerprint density at radius 3 is 2.11 bits per heavy atom. The fraction of sp³-hybridized carbons (Fsp3) is 0.467. The molecule has 3 heteroatoms. The molecular formula is C15H22O3. The van der Waals surface area contributed by atoms with Gasteiger partial charge in [-0.2, -0.15) is 0 Å². The van der Waals surface area contributed by atoms with E-state index in [-0.39, 0.29) is 0 Å². The zero-order valence-electron chi connectivity index (χ0n) is 11.5. The summed E-state index contributed by atoms with van der Waals surface area (Å²) in [6.45, 7) is 4.22. The molecule has 0 saturated carbocycles. The van der Waals surface area contributed by atoms with Crippen LogP contribution < -0.4 is 9.47 Å². The van der Waals surface area contributed by atoms with Gasteiger partial charge in [-0.3, -0.25) is 0 Å². The van der Waals surface area contributed by atoms with Gasteiger partial charge in [0, 0.05) is 6.07 Å². The third-order valence-corrected chi connectivity index (χ3v) is 2.64. The Bertz CT molecular complexity index is 374. The Morgan fingerprint density at radius 1 is 1.11 bits per heavy atom. The van der Waals surface area contributed by atoms with Crippen LogP contribution in [0.15, 0.2) is 30.4 Å². The summed E-state index contributed by atoms with van der Waals surface area (Å²) >= 11 is 0. The zero-order chi connectivity index (χ0) is 13.5. The second kappa shape index (κ2) is 7.07. The van der Waals surface area contributed by atoms with Crippen LogP contribution in [0.25, 0.3) is 0 Å². The van der Waals surface area contributed by atoms with E-state index in [0.29, 0.717) is 23.8 Å². The molecule has 1 aromatic carbocycles. The van der Waals surface area contributed by atoms with Gasteiger partial charge in [-0.15, -0.1) is 0 Å². The number of rotatable bonds is 6. The van der Waals surface area contributed by atoms with E-state index < -0.39 is 6.10 Å². The minimum Gasteiger partial charge on any atom is -0.497 e. The zero-order valence-corrected chi connectivity index (χ0v) is 11.5. The SMILES string of the molecule is COc1cc(OC)cc(C(O)C/C=C\C(C)C)c1. The van der Waals surface area contributed by atoms with Crippen LogP contribution in [0.2, 0.25) is 0 Å². The van der Waals surface area contributed by atoms with Crippen molar-refractivity contribution in [3.8, 4) is 11.5 Å². The average Bonchev–Trinajstić information content (AvgIpc) is 2.37. The van der Waals surface area contributed by atoms with Gasteiger partial charge in [0.05, 0.1) is 20.3 Å². The van der Waals surface area contributed by atoms with Gasteiger partial charge in [0.15, 0.2) is 0 Å². The lowest BCUT2D eigenvalue weighted by Gasteiger charge is -2.12. The molecule has 1 atom stereocenters. The fourth-order valence-corrected chi connectivity index (χ4v) is 1.64. The van der Waals surface area contributed by atoms with Gasteiger partial charge in [-0.1, -0.05) is 26.0 Å². The molecule has 1 N–H and O–H groups in total. The summed E-state index contributed by atoms with van der Waals surface area (Å²) in [5.74, 6) is 1.88. The average molecular weight is 250 g/mol. The lowest BCUT2D eigenvalue weighted by Crippen LogP contribution is -1.98. The van der Waals surface area contributed by atoms with Gasteiger partial charge in [0.2, 0.25) is 0 Å². The highest BCUT2D eigenvalue weighted by atomic mass is 16.5. The Morgan fingerprint density at radius 2 is 1.67 bits per heavy atom. The number of hydrogen-bond donors (Lipinski definition) is 1. The summed E-state index contributed by atoms with van der Waals surface area (Å²) in [5.41, 5.74) is 0.805. The topological polar surface area (TPSA) is 38.7 Å². The van der Waals surface area contributed by atoms with E-state index in [0.717, 1.165) is 5.56 Å². The molecule has 18 heavy (non-hydrogen) atoms. The fourth-order valence-electron chi connectivity index (χ4n) is 1.64. The van der Waals surface area contributed by atoms with Gasteiger partial charge in [0.1, 0.15) is 11.5 Å². The first-order valence-electron chi connectivity index (χ1n) is 6.14. The first kappa shape index (κ1) is 14.6. The lowest BCUT2D eigenvalue weighted by molar-refractivity contribution is 0.180. The smallest absolute Gasteiger partial charge is 0.122 e. The molecule has 0 aliphatic carbocycles. The second-order valence-corrected chi connectivity index (χ2v) is 4.57. The van der Waals surface area contributed by atoms with Gasteiger partial charge >= 0.3 is 0 Å². The number of methoxy groups -OCH3 is 2. The van der Waals surface area contributed by atoms with Gasteiger partial charge in [-0.05, 0) is 30.0 Å². The first-order valence-corrected chi connectivity index (χ1v) is 6.14. The van der Waals surface area contributed by atoms with E-state index in [4.69, 9.17) is 9.47 Å². The van der Waals surface area contributed by atoms with E-state index in [1.165, 1.54) is 0 Å². The Balaban J connectivity index is 2.80. The van der Waals surface area contributed by atoms with Crippen LogP contribution in [0.1, 0.15) is 31.9 Å². The van der Waals surface area contributed by atoms with Crippen LogP contribution in [-0.4, -0.2) is 19.3 Å². The van der Waals surface area contributed by atoms with E-state index in [1.54, 1.807) is 20.3 Å². The maximum Gasteiger partial charge on any atom is 0.122 e. The number of aliphatic hydroxyl groups is 1. The van der Waals surface area contributed by atoms with Crippen LogP contribution >= 0.6 is 0 Å². The van der Waals surface area contributed by atoms with E-state index in [9.17, 15) is 5.11 Å². The molecule has 0 aliphatic heterocycles. The minimum atomic E-state index is -0.538. The molecule has 1 aromatic rings. The van der Waals surface area contributed by atoms with E-state index >= 15 is 0 Å². The molecule has 0 heterocycles. The Kier molecular flexibility index (Phi) is 5.72. The highest BCUT2D eigenvalue weighted by molar-refractivity contribution is 5.39. The molecule has 0 radical (unpaired) electrons. The largest absolute Gasteiger partial charge is 0.497 e. The maximum absolute atomic E-state index is 10.1. The van der Waals surface area contributed by atoms with Crippen molar-refractivity contribution in [2.24, 2.45) is 5.92 Å². The molecule has 0 aliphatic rings. The van der Waals surface area contributed by atoms with Crippen molar-refractivity contribution in [3.63, 3.8) is 0 Å². The van der Waals surface area contributed by atoms with Crippen LogP contribution in [0.5, 0.6) is 11.5 Å². The van der Waals surface area contributed by atoms with Crippen molar-refractivity contribution < 1.29 is 14.6 Å². The molecule has 0 bridgehead atoms. The third-order valence-electron chi connectivity index (χ3n) is 2.64. The van der Waals surface area contributed by atoms with Crippen LogP contribution in [0, 0.1) is 5.92 Å². The van der Waals surface area contributed by atoms with E-state index in [1.807, 2.05) is 18.2 Å². The summed E-state index contributed by atoms with van der Waals surface area (Å²) in [5, 5.41) is 10.1. The molecule has 0 amide bonds. The highest BCUT2D eigenvalue weighted by Crippen LogP contribution is 2.28. The standard InChI is InChI=1S/C15H22O3/c1-11(2)6-5-7-15(16)12-8-13(17-3)10-14(9-12)18-4/h5-6,8-11,15-16H,7H2,1-4H3/b6-5-. The summed E-state index contributed by atoms with van der Waals surface area (Å²) in [4.78, 5) is 0. The predicted molar refractivity (Wildman–Crippen MR) is 73.1 cm³/mol. The molecule has 100 valence electrons. The number of benzene rings is 1. The predicted octanol–water partition coefficient (Wildman–Crippen LogP) is 3.34. The van der Waals surface area contributed by atoms with Crippen LogP contribution in [0.3, 0.4) is 0 Å². The monoisotopic (exact) mass is 250 g/mol. The van der Waals surface area contributed by atoms with E-state index in [2.05, 4.69) is 19.9 Å². The third kappa shape index (κ3) is 4.41. The number of aliphatic hydroxyl groups excluding tert-OH is 1. The normalized spacial score (nSPS) is 13.0. The van der Waals surface area contributed by atoms with Crippen molar-refractivity contribution in [1.82, 2.24) is 0 Å². The van der Waals surface area contributed by atoms with Crippen molar-refractivity contribution in [1.29, 1.82) is 0 Å². The van der Waals surface area contributed by atoms with Crippen molar-refractivity contribution in [2.45, 2.75) is 26.4 Å². The van der Waals surface area contributed by atoms with Crippen LogP contribution in [-0.2, 0) is 0 Å². The molecule has 1 rings (SSSR count). The molecule has 1 unspecified atom stereocenters. The molecule has 0 spiro atoms. The summed E-state index contributed by atoms with van der Waals surface area (Å²) in [6, 6.07) is 5.45. The molecular weight excluding hydrogens is 228 g/mol. The Labute approximate surface area is 109 Å². The van der Waals surface area contributed by atoms with Crippen molar-refractivity contribution in [2.75, 3.05) is 14.2 Å². The Hall–Kier alpha value is -1.48. The summed E-state index contributed by atoms with van der Waals surface area (Å²) in [6.07, 6.45) is 4.14.